The molecule has 1 atom stereocenters. The maximum absolute atomic E-state index is 12.2. The topological polar surface area (TPSA) is 12.5 Å². The second kappa shape index (κ2) is 5.16. The van der Waals surface area contributed by atoms with Crippen LogP contribution in [0.1, 0.15) is 26.7 Å². The molecule has 1 aliphatic heterocycles. The molecule has 0 bridgehead atoms. The van der Waals surface area contributed by atoms with Crippen molar-refractivity contribution in [2.24, 2.45) is 0 Å². The van der Waals surface area contributed by atoms with Crippen molar-refractivity contribution in [1.29, 1.82) is 0 Å². The van der Waals surface area contributed by atoms with Crippen LogP contribution in [0.4, 0.5) is 13.2 Å². The SMILES string of the molecule is CC(C)OC[C@@H]1CCCN1CC(F)(F)F. The average Bonchev–Trinajstić information content (AvgIpc) is 2.45. The van der Waals surface area contributed by atoms with Gasteiger partial charge in [-0.3, -0.25) is 4.90 Å². The Labute approximate surface area is 88.4 Å². The van der Waals surface area contributed by atoms with Gasteiger partial charge >= 0.3 is 6.18 Å². The number of likely N-dealkylation sites (tertiary alicyclic amines) is 1. The van der Waals surface area contributed by atoms with E-state index >= 15 is 0 Å². The number of ether oxygens (including phenoxy) is 1. The minimum Gasteiger partial charge on any atom is -0.377 e. The fraction of sp³-hybridized carbons (Fsp3) is 1.00. The molecule has 1 heterocycles. The fourth-order valence-corrected chi connectivity index (χ4v) is 1.83. The summed E-state index contributed by atoms with van der Waals surface area (Å²) in [5, 5.41) is 0. The van der Waals surface area contributed by atoms with Crippen molar-refractivity contribution >= 4 is 0 Å². The summed E-state index contributed by atoms with van der Waals surface area (Å²) in [5.41, 5.74) is 0. The first kappa shape index (κ1) is 12.8. The van der Waals surface area contributed by atoms with Crippen LogP contribution in [0, 0.1) is 0 Å². The maximum Gasteiger partial charge on any atom is 0.401 e. The van der Waals surface area contributed by atoms with Crippen LogP contribution in [0.5, 0.6) is 0 Å². The molecule has 0 aliphatic carbocycles. The van der Waals surface area contributed by atoms with Gasteiger partial charge in [-0.1, -0.05) is 0 Å². The van der Waals surface area contributed by atoms with Crippen LogP contribution in [0.2, 0.25) is 0 Å². The molecule has 0 amide bonds. The number of halogens is 3. The molecular weight excluding hydrogens is 207 g/mol. The van der Waals surface area contributed by atoms with Crippen LogP contribution >= 0.6 is 0 Å². The van der Waals surface area contributed by atoms with Gasteiger partial charge in [0.25, 0.3) is 0 Å². The van der Waals surface area contributed by atoms with Gasteiger partial charge in [-0.2, -0.15) is 13.2 Å². The van der Waals surface area contributed by atoms with E-state index in [9.17, 15) is 13.2 Å². The van der Waals surface area contributed by atoms with Crippen molar-refractivity contribution < 1.29 is 17.9 Å². The summed E-state index contributed by atoms with van der Waals surface area (Å²) in [6.07, 6.45) is -2.37. The van der Waals surface area contributed by atoms with Gasteiger partial charge in [0, 0.05) is 6.04 Å². The number of rotatable bonds is 4. The Morgan fingerprint density at radius 2 is 2.07 bits per heavy atom. The van der Waals surface area contributed by atoms with E-state index in [1.54, 1.807) is 0 Å². The first-order chi connectivity index (χ1) is 6.88. The van der Waals surface area contributed by atoms with Gasteiger partial charge < -0.3 is 4.74 Å². The number of alkyl halides is 3. The third-order valence-corrected chi connectivity index (χ3v) is 2.50. The van der Waals surface area contributed by atoms with Crippen molar-refractivity contribution in [3.63, 3.8) is 0 Å². The number of nitrogens with zero attached hydrogens (tertiary/aromatic N) is 1. The molecule has 0 aromatic heterocycles. The van der Waals surface area contributed by atoms with E-state index in [1.165, 1.54) is 4.90 Å². The largest absolute Gasteiger partial charge is 0.401 e. The van der Waals surface area contributed by atoms with E-state index in [1.807, 2.05) is 13.8 Å². The molecule has 1 saturated heterocycles. The highest BCUT2D eigenvalue weighted by atomic mass is 19.4. The quantitative estimate of drug-likeness (QED) is 0.728. The van der Waals surface area contributed by atoms with Crippen molar-refractivity contribution in [3.8, 4) is 0 Å². The minimum absolute atomic E-state index is 0.0611. The highest BCUT2D eigenvalue weighted by Gasteiger charge is 2.36. The third kappa shape index (κ3) is 4.84. The zero-order chi connectivity index (χ0) is 11.5. The van der Waals surface area contributed by atoms with Gasteiger partial charge in [-0.25, -0.2) is 0 Å². The lowest BCUT2D eigenvalue weighted by atomic mass is 10.2. The summed E-state index contributed by atoms with van der Waals surface area (Å²) in [5.74, 6) is 0. The molecule has 0 spiro atoms. The van der Waals surface area contributed by atoms with Gasteiger partial charge in [0.15, 0.2) is 0 Å². The van der Waals surface area contributed by atoms with Gasteiger partial charge in [0.1, 0.15) is 0 Å². The second-order valence-electron chi connectivity index (χ2n) is 4.26. The first-order valence-corrected chi connectivity index (χ1v) is 5.31. The lowest BCUT2D eigenvalue weighted by molar-refractivity contribution is -0.150. The highest BCUT2D eigenvalue weighted by molar-refractivity contribution is 4.80. The van der Waals surface area contributed by atoms with Crippen molar-refractivity contribution in [2.75, 3.05) is 19.7 Å². The van der Waals surface area contributed by atoms with Crippen LogP contribution in [0.15, 0.2) is 0 Å². The molecule has 0 unspecified atom stereocenters. The Balaban J connectivity index is 2.36. The van der Waals surface area contributed by atoms with Crippen molar-refractivity contribution in [1.82, 2.24) is 4.90 Å². The summed E-state index contributed by atoms with van der Waals surface area (Å²) in [6.45, 7) is 3.92. The van der Waals surface area contributed by atoms with E-state index in [0.29, 0.717) is 13.2 Å². The second-order valence-corrected chi connectivity index (χ2v) is 4.26. The van der Waals surface area contributed by atoms with Crippen molar-refractivity contribution in [3.05, 3.63) is 0 Å². The van der Waals surface area contributed by atoms with Gasteiger partial charge in [-0.05, 0) is 33.2 Å². The van der Waals surface area contributed by atoms with E-state index < -0.39 is 12.7 Å². The van der Waals surface area contributed by atoms with Crippen LogP contribution < -0.4 is 0 Å². The fourth-order valence-electron chi connectivity index (χ4n) is 1.83. The summed E-state index contributed by atoms with van der Waals surface area (Å²) in [6, 6.07) is -0.0611. The van der Waals surface area contributed by atoms with Crippen molar-refractivity contribution in [2.45, 2.75) is 45.0 Å². The summed E-state index contributed by atoms with van der Waals surface area (Å²) in [7, 11) is 0. The Morgan fingerprint density at radius 3 is 2.60 bits per heavy atom. The van der Waals surface area contributed by atoms with Gasteiger partial charge in [0.2, 0.25) is 0 Å². The molecule has 0 aromatic rings. The minimum atomic E-state index is -4.10. The molecule has 0 N–H and O–H groups in total. The Hall–Kier alpha value is -0.290. The standard InChI is InChI=1S/C10H18F3NO/c1-8(2)15-6-9-4-3-5-14(9)7-10(11,12)13/h8-9H,3-7H2,1-2H3/t9-/m0/s1. The predicted molar refractivity (Wildman–Crippen MR) is 51.7 cm³/mol. The molecule has 2 nitrogen and oxygen atoms in total. The van der Waals surface area contributed by atoms with Crippen LogP contribution in [0.25, 0.3) is 0 Å². The Bertz CT molecular complexity index is 194. The van der Waals surface area contributed by atoms with Gasteiger partial charge in [-0.15, -0.1) is 0 Å². The molecule has 0 aromatic carbocycles. The van der Waals surface area contributed by atoms with Crippen LogP contribution in [0.3, 0.4) is 0 Å². The Kier molecular flexibility index (Phi) is 4.40. The number of hydrogen-bond acceptors (Lipinski definition) is 2. The molecule has 90 valence electrons. The Morgan fingerprint density at radius 1 is 1.40 bits per heavy atom. The summed E-state index contributed by atoms with van der Waals surface area (Å²) < 4.78 is 42.0. The van der Waals surface area contributed by atoms with Crippen LogP contribution in [-0.4, -0.2) is 42.9 Å². The number of hydrogen-bond donors (Lipinski definition) is 0. The van der Waals surface area contributed by atoms with E-state index in [2.05, 4.69) is 0 Å². The molecule has 1 rings (SSSR count). The summed E-state index contributed by atoms with van der Waals surface area (Å²) >= 11 is 0. The normalized spacial score (nSPS) is 24.0. The molecule has 0 radical (unpaired) electrons. The molecular formula is C10H18F3NO. The third-order valence-electron chi connectivity index (χ3n) is 2.50. The smallest absolute Gasteiger partial charge is 0.377 e. The first-order valence-electron chi connectivity index (χ1n) is 5.31. The molecule has 1 fully saturated rings. The van der Waals surface area contributed by atoms with Gasteiger partial charge in [0.05, 0.1) is 19.3 Å². The predicted octanol–water partition coefficient (Wildman–Crippen LogP) is 2.44. The zero-order valence-electron chi connectivity index (χ0n) is 9.18. The average molecular weight is 225 g/mol. The molecule has 5 heteroatoms. The monoisotopic (exact) mass is 225 g/mol. The maximum atomic E-state index is 12.2. The molecule has 1 aliphatic rings. The van der Waals surface area contributed by atoms with E-state index in [4.69, 9.17) is 4.74 Å². The molecule has 0 saturated carbocycles. The summed E-state index contributed by atoms with van der Waals surface area (Å²) in [4.78, 5) is 1.47. The zero-order valence-corrected chi connectivity index (χ0v) is 9.18. The van der Waals surface area contributed by atoms with Crippen LogP contribution in [-0.2, 0) is 4.74 Å². The lowest BCUT2D eigenvalue weighted by Crippen LogP contribution is -2.40. The molecule has 15 heavy (non-hydrogen) atoms. The van der Waals surface area contributed by atoms with E-state index in [0.717, 1.165) is 12.8 Å². The van der Waals surface area contributed by atoms with E-state index in [-0.39, 0.29) is 12.1 Å². The highest BCUT2D eigenvalue weighted by Crippen LogP contribution is 2.24. The lowest BCUT2D eigenvalue weighted by Gasteiger charge is -2.25.